The van der Waals surface area contributed by atoms with Crippen molar-refractivity contribution in [2.24, 2.45) is 0 Å². The number of hydrogen-bond acceptors (Lipinski definition) is 2. The molecule has 3 rings (SSSR count). The Kier molecular flexibility index (Phi) is 4.53. The SMILES string of the molecule is O=C(c1ccccc1)C(Cc1ccccc1O)c1ccccc1. The fourth-order valence-corrected chi connectivity index (χ4v) is 2.75. The molecule has 0 saturated heterocycles. The molecule has 3 aromatic rings. The quantitative estimate of drug-likeness (QED) is 0.699. The van der Waals surface area contributed by atoms with Crippen LogP contribution in [0.1, 0.15) is 27.4 Å². The van der Waals surface area contributed by atoms with Gasteiger partial charge in [-0.25, -0.2) is 0 Å². The third-order valence-corrected chi connectivity index (χ3v) is 3.99. The highest BCUT2D eigenvalue weighted by Crippen LogP contribution is 2.28. The van der Waals surface area contributed by atoms with Crippen molar-refractivity contribution in [3.05, 3.63) is 102 Å². The van der Waals surface area contributed by atoms with Gasteiger partial charge in [-0.15, -0.1) is 0 Å². The van der Waals surface area contributed by atoms with Crippen LogP contribution in [0.4, 0.5) is 0 Å². The van der Waals surface area contributed by atoms with Gasteiger partial charge in [0.25, 0.3) is 0 Å². The molecule has 0 aliphatic rings. The predicted molar refractivity (Wildman–Crippen MR) is 91.8 cm³/mol. The number of phenolic OH excluding ortho intramolecular Hbond substituents is 1. The van der Waals surface area contributed by atoms with Gasteiger partial charge in [-0.2, -0.15) is 0 Å². The first-order chi connectivity index (χ1) is 11.3. The highest BCUT2D eigenvalue weighted by Gasteiger charge is 2.23. The molecule has 0 spiro atoms. The average molecular weight is 302 g/mol. The minimum atomic E-state index is -0.313. The topological polar surface area (TPSA) is 37.3 Å². The Morgan fingerprint density at radius 1 is 0.783 bits per heavy atom. The lowest BCUT2D eigenvalue weighted by atomic mass is 9.85. The maximum absolute atomic E-state index is 13.0. The summed E-state index contributed by atoms with van der Waals surface area (Å²) in [5.74, 6) is -0.0127. The van der Waals surface area contributed by atoms with Crippen molar-refractivity contribution in [1.82, 2.24) is 0 Å². The molecule has 23 heavy (non-hydrogen) atoms. The van der Waals surface area contributed by atoms with Crippen LogP contribution in [-0.4, -0.2) is 10.9 Å². The maximum atomic E-state index is 13.0. The van der Waals surface area contributed by atoms with Crippen molar-refractivity contribution in [1.29, 1.82) is 0 Å². The molecule has 1 unspecified atom stereocenters. The Labute approximate surface area is 136 Å². The Balaban J connectivity index is 1.98. The Morgan fingerprint density at radius 2 is 1.35 bits per heavy atom. The van der Waals surface area contributed by atoms with Gasteiger partial charge in [0, 0.05) is 5.56 Å². The van der Waals surface area contributed by atoms with Gasteiger partial charge in [0.15, 0.2) is 5.78 Å². The zero-order valence-corrected chi connectivity index (χ0v) is 12.7. The summed E-state index contributed by atoms with van der Waals surface area (Å²) in [6.07, 6.45) is 0.477. The number of carbonyl (C=O) groups excluding carboxylic acids is 1. The molecule has 0 aliphatic carbocycles. The fourth-order valence-electron chi connectivity index (χ4n) is 2.75. The number of hydrogen-bond donors (Lipinski definition) is 1. The Morgan fingerprint density at radius 3 is 2.00 bits per heavy atom. The van der Waals surface area contributed by atoms with Gasteiger partial charge in [0.1, 0.15) is 5.75 Å². The van der Waals surface area contributed by atoms with Crippen LogP contribution < -0.4 is 0 Å². The van der Waals surface area contributed by atoms with Crippen LogP contribution >= 0.6 is 0 Å². The molecule has 114 valence electrons. The maximum Gasteiger partial charge on any atom is 0.170 e. The van der Waals surface area contributed by atoms with Gasteiger partial charge < -0.3 is 5.11 Å². The Hall–Kier alpha value is -2.87. The number of benzene rings is 3. The summed E-state index contributed by atoms with van der Waals surface area (Å²) < 4.78 is 0. The molecule has 0 heterocycles. The molecule has 0 aromatic heterocycles. The molecule has 0 saturated carbocycles. The molecule has 1 atom stereocenters. The molecule has 0 amide bonds. The van der Waals surface area contributed by atoms with Crippen LogP contribution in [0.2, 0.25) is 0 Å². The van der Waals surface area contributed by atoms with E-state index in [1.807, 2.05) is 72.8 Å². The van der Waals surface area contributed by atoms with E-state index in [9.17, 15) is 9.90 Å². The summed E-state index contributed by atoms with van der Waals surface area (Å²) in [5.41, 5.74) is 2.44. The molecule has 0 fully saturated rings. The van der Waals surface area contributed by atoms with Crippen LogP contribution in [-0.2, 0) is 6.42 Å². The summed E-state index contributed by atoms with van der Waals surface area (Å²) in [7, 11) is 0. The van der Waals surface area contributed by atoms with Crippen molar-refractivity contribution in [3.63, 3.8) is 0 Å². The summed E-state index contributed by atoms with van der Waals surface area (Å²) in [5, 5.41) is 10.0. The molecule has 0 radical (unpaired) electrons. The smallest absolute Gasteiger partial charge is 0.170 e. The van der Waals surface area contributed by atoms with Crippen molar-refractivity contribution in [2.75, 3.05) is 0 Å². The minimum absolute atomic E-state index is 0.0695. The first-order valence-electron chi connectivity index (χ1n) is 7.67. The van der Waals surface area contributed by atoms with Crippen LogP contribution in [0.5, 0.6) is 5.75 Å². The van der Waals surface area contributed by atoms with Gasteiger partial charge in [-0.3, -0.25) is 4.79 Å². The number of Topliss-reactive ketones (excluding diaryl/α,β-unsaturated/α-hetero) is 1. The van der Waals surface area contributed by atoms with Gasteiger partial charge >= 0.3 is 0 Å². The lowest BCUT2D eigenvalue weighted by Gasteiger charge is -2.17. The largest absolute Gasteiger partial charge is 0.508 e. The predicted octanol–water partition coefficient (Wildman–Crippen LogP) is 4.60. The van der Waals surface area contributed by atoms with Crippen molar-refractivity contribution in [3.8, 4) is 5.75 Å². The third-order valence-electron chi connectivity index (χ3n) is 3.99. The van der Waals surface area contributed by atoms with E-state index in [0.29, 0.717) is 12.0 Å². The normalized spacial score (nSPS) is 11.8. The van der Waals surface area contributed by atoms with Gasteiger partial charge in [0.05, 0.1) is 5.92 Å². The van der Waals surface area contributed by atoms with Crippen molar-refractivity contribution < 1.29 is 9.90 Å². The van der Waals surface area contributed by atoms with Crippen LogP contribution in [0, 0.1) is 0 Å². The van der Waals surface area contributed by atoms with Gasteiger partial charge in [-0.1, -0.05) is 78.9 Å². The van der Waals surface area contributed by atoms with Gasteiger partial charge in [0.2, 0.25) is 0 Å². The highest BCUT2D eigenvalue weighted by molar-refractivity contribution is 6.01. The van der Waals surface area contributed by atoms with E-state index < -0.39 is 0 Å². The van der Waals surface area contributed by atoms with E-state index in [-0.39, 0.29) is 17.5 Å². The van der Waals surface area contributed by atoms with Crippen LogP contribution in [0.3, 0.4) is 0 Å². The minimum Gasteiger partial charge on any atom is -0.508 e. The second-order valence-electron chi connectivity index (χ2n) is 5.53. The second kappa shape index (κ2) is 6.93. The molecule has 2 nitrogen and oxygen atoms in total. The molecular weight excluding hydrogens is 284 g/mol. The van der Waals surface area contributed by atoms with Gasteiger partial charge in [-0.05, 0) is 23.6 Å². The number of phenols is 1. The average Bonchev–Trinajstić information content (AvgIpc) is 2.62. The lowest BCUT2D eigenvalue weighted by molar-refractivity contribution is 0.0958. The fraction of sp³-hybridized carbons (Fsp3) is 0.0952. The van der Waals surface area contributed by atoms with E-state index in [0.717, 1.165) is 11.1 Å². The zero-order valence-electron chi connectivity index (χ0n) is 12.7. The summed E-state index contributed by atoms with van der Waals surface area (Å²) in [4.78, 5) is 13.0. The third kappa shape index (κ3) is 3.49. The number of carbonyl (C=O) groups is 1. The zero-order chi connectivity index (χ0) is 16.1. The molecule has 1 N–H and O–H groups in total. The lowest BCUT2D eigenvalue weighted by Crippen LogP contribution is -2.15. The molecule has 0 bridgehead atoms. The van der Waals surface area contributed by atoms with E-state index in [1.165, 1.54) is 0 Å². The van der Waals surface area contributed by atoms with E-state index in [4.69, 9.17) is 0 Å². The monoisotopic (exact) mass is 302 g/mol. The number of para-hydroxylation sites is 1. The summed E-state index contributed by atoms with van der Waals surface area (Å²) in [6.45, 7) is 0. The second-order valence-corrected chi connectivity index (χ2v) is 5.53. The molecule has 2 heteroatoms. The first-order valence-corrected chi connectivity index (χ1v) is 7.67. The van der Waals surface area contributed by atoms with Crippen LogP contribution in [0.25, 0.3) is 0 Å². The summed E-state index contributed by atoms with van der Waals surface area (Å²) >= 11 is 0. The standard InChI is InChI=1S/C21H18O2/c22-20-14-8-7-13-18(20)15-19(16-9-3-1-4-10-16)21(23)17-11-5-2-6-12-17/h1-14,19,22H,15H2. The van der Waals surface area contributed by atoms with Crippen molar-refractivity contribution >= 4 is 5.78 Å². The highest BCUT2D eigenvalue weighted by atomic mass is 16.3. The van der Waals surface area contributed by atoms with E-state index in [2.05, 4.69) is 0 Å². The number of rotatable bonds is 5. The number of aromatic hydroxyl groups is 1. The molecule has 0 aliphatic heterocycles. The van der Waals surface area contributed by atoms with E-state index >= 15 is 0 Å². The molecular formula is C21H18O2. The van der Waals surface area contributed by atoms with Crippen molar-refractivity contribution in [2.45, 2.75) is 12.3 Å². The first kappa shape index (κ1) is 15.0. The Bertz CT molecular complexity index is 779. The molecule has 3 aromatic carbocycles. The van der Waals surface area contributed by atoms with Crippen LogP contribution in [0.15, 0.2) is 84.9 Å². The number of ketones is 1. The van der Waals surface area contributed by atoms with E-state index in [1.54, 1.807) is 12.1 Å². The summed E-state index contributed by atoms with van der Waals surface area (Å²) in [6, 6.07) is 26.2.